The number of hydrogen-bond donors (Lipinski definition) is 2. The van der Waals surface area contributed by atoms with E-state index in [1.165, 1.54) is 4.90 Å². The molecule has 1 spiro atoms. The Bertz CT molecular complexity index is 535. The first-order valence-corrected chi connectivity index (χ1v) is 7.03. The van der Waals surface area contributed by atoms with Crippen molar-refractivity contribution in [1.82, 2.24) is 5.32 Å². The summed E-state index contributed by atoms with van der Waals surface area (Å²) >= 11 is 0. The van der Waals surface area contributed by atoms with Crippen LogP contribution in [0, 0.1) is 5.41 Å². The van der Waals surface area contributed by atoms with Crippen molar-refractivity contribution in [2.75, 3.05) is 11.4 Å². The van der Waals surface area contributed by atoms with E-state index < -0.39 is 0 Å². The minimum Gasteiger partial charge on any atom is -0.337 e. The number of benzene rings is 1. The maximum Gasteiger partial charge on any atom is 0.328 e. The molecule has 3 amide bonds. The van der Waals surface area contributed by atoms with E-state index in [4.69, 9.17) is 5.73 Å². The van der Waals surface area contributed by atoms with Gasteiger partial charge in [-0.05, 0) is 36.0 Å². The van der Waals surface area contributed by atoms with Crippen LogP contribution in [0.15, 0.2) is 24.3 Å². The van der Waals surface area contributed by atoms with Gasteiger partial charge < -0.3 is 11.1 Å². The van der Waals surface area contributed by atoms with Gasteiger partial charge in [-0.3, -0.25) is 4.79 Å². The highest BCUT2D eigenvalue weighted by atomic mass is 16.2. The number of amides is 3. The summed E-state index contributed by atoms with van der Waals surface area (Å²) in [5.41, 5.74) is 7.15. The van der Waals surface area contributed by atoms with E-state index in [0.717, 1.165) is 24.8 Å². The van der Waals surface area contributed by atoms with Gasteiger partial charge >= 0.3 is 6.03 Å². The maximum atomic E-state index is 12.4. The number of anilines is 1. The second-order valence-corrected chi connectivity index (χ2v) is 5.79. The zero-order valence-electron chi connectivity index (χ0n) is 11.4. The molecule has 0 unspecified atom stereocenters. The van der Waals surface area contributed by atoms with Crippen molar-refractivity contribution in [2.24, 2.45) is 11.1 Å². The van der Waals surface area contributed by atoms with Crippen LogP contribution in [-0.4, -0.2) is 18.5 Å². The van der Waals surface area contributed by atoms with Crippen LogP contribution in [0.2, 0.25) is 0 Å². The lowest BCUT2D eigenvalue weighted by Gasteiger charge is -2.39. The van der Waals surface area contributed by atoms with Crippen molar-refractivity contribution in [1.29, 1.82) is 0 Å². The Morgan fingerprint density at radius 2 is 1.90 bits per heavy atom. The standard InChI is InChI=1S/C15H19N3O2/c16-9-11-2-4-12(5-3-11)18-13(19)8-15(6-1-7-15)10-17-14(18)20/h2-5H,1,6-10,16H2,(H,17,20). The zero-order chi connectivity index (χ0) is 14.2. The van der Waals surface area contributed by atoms with Gasteiger partial charge in [0, 0.05) is 19.5 Å². The molecule has 3 rings (SSSR count). The number of nitrogens with one attached hydrogen (secondary N) is 1. The van der Waals surface area contributed by atoms with E-state index in [2.05, 4.69) is 5.32 Å². The molecule has 1 saturated carbocycles. The summed E-state index contributed by atoms with van der Waals surface area (Å²) < 4.78 is 0. The van der Waals surface area contributed by atoms with Crippen LogP contribution in [-0.2, 0) is 11.3 Å². The predicted octanol–water partition coefficient (Wildman–Crippen LogP) is 1.76. The molecule has 0 bridgehead atoms. The number of urea groups is 1. The summed E-state index contributed by atoms with van der Waals surface area (Å²) in [6.07, 6.45) is 3.65. The van der Waals surface area contributed by atoms with Gasteiger partial charge in [-0.25, -0.2) is 9.69 Å². The molecular weight excluding hydrogens is 254 g/mol. The van der Waals surface area contributed by atoms with Gasteiger partial charge in [-0.1, -0.05) is 18.6 Å². The highest BCUT2D eigenvalue weighted by Crippen LogP contribution is 2.45. The summed E-state index contributed by atoms with van der Waals surface area (Å²) in [5, 5.41) is 2.89. The molecule has 0 aromatic heterocycles. The third-order valence-electron chi connectivity index (χ3n) is 4.44. The number of hydrogen-bond acceptors (Lipinski definition) is 3. The van der Waals surface area contributed by atoms with E-state index in [1.54, 1.807) is 12.1 Å². The molecule has 1 aromatic rings. The summed E-state index contributed by atoms with van der Waals surface area (Å²) in [7, 11) is 0. The lowest BCUT2D eigenvalue weighted by atomic mass is 9.66. The lowest BCUT2D eigenvalue weighted by Crippen LogP contribution is -2.42. The van der Waals surface area contributed by atoms with E-state index in [0.29, 0.717) is 25.2 Å². The van der Waals surface area contributed by atoms with E-state index >= 15 is 0 Å². The Morgan fingerprint density at radius 1 is 1.20 bits per heavy atom. The molecule has 1 heterocycles. The fourth-order valence-corrected chi connectivity index (χ4v) is 2.99. The van der Waals surface area contributed by atoms with Crippen LogP contribution in [0.5, 0.6) is 0 Å². The smallest absolute Gasteiger partial charge is 0.328 e. The van der Waals surface area contributed by atoms with E-state index in [1.807, 2.05) is 12.1 Å². The number of carbonyl (C=O) groups is 2. The van der Waals surface area contributed by atoms with Crippen LogP contribution in [0.4, 0.5) is 10.5 Å². The minimum absolute atomic E-state index is 0.00130. The molecule has 0 radical (unpaired) electrons. The monoisotopic (exact) mass is 273 g/mol. The Hall–Kier alpha value is -1.88. The normalized spacial score (nSPS) is 21.4. The molecule has 3 N–H and O–H groups in total. The third kappa shape index (κ3) is 2.18. The average molecular weight is 273 g/mol. The Balaban J connectivity index is 1.86. The molecule has 106 valence electrons. The first kappa shape index (κ1) is 13.1. The summed E-state index contributed by atoms with van der Waals surface area (Å²) in [6.45, 7) is 1.05. The maximum absolute atomic E-state index is 12.4. The summed E-state index contributed by atoms with van der Waals surface area (Å²) in [6, 6.07) is 6.93. The SMILES string of the molecule is NCc1ccc(N2C(=O)CC3(CCC3)CNC2=O)cc1. The average Bonchev–Trinajstić information content (AvgIpc) is 2.55. The molecule has 0 atom stereocenters. The number of carbonyl (C=O) groups excluding carboxylic acids is 2. The van der Waals surface area contributed by atoms with Gasteiger partial charge in [0.05, 0.1) is 5.69 Å². The van der Waals surface area contributed by atoms with Crippen molar-refractivity contribution in [3.8, 4) is 0 Å². The van der Waals surface area contributed by atoms with Crippen molar-refractivity contribution < 1.29 is 9.59 Å². The fourth-order valence-electron chi connectivity index (χ4n) is 2.99. The van der Waals surface area contributed by atoms with Crippen molar-refractivity contribution in [3.05, 3.63) is 29.8 Å². The molecule has 5 nitrogen and oxygen atoms in total. The molecule has 2 aliphatic rings. The number of imide groups is 1. The van der Waals surface area contributed by atoms with Crippen LogP contribution in [0.1, 0.15) is 31.2 Å². The molecule has 2 fully saturated rings. The number of nitrogens with zero attached hydrogens (tertiary/aromatic N) is 1. The first-order chi connectivity index (χ1) is 9.63. The van der Waals surface area contributed by atoms with Crippen LogP contribution >= 0.6 is 0 Å². The minimum atomic E-state index is -0.320. The van der Waals surface area contributed by atoms with Gasteiger partial charge in [0.25, 0.3) is 0 Å². The van der Waals surface area contributed by atoms with E-state index in [-0.39, 0.29) is 17.4 Å². The molecule has 5 heteroatoms. The molecule has 1 aliphatic carbocycles. The number of nitrogens with two attached hydrogens (primary N) is 1. The third-order valence-corrected chi connectivity index (χ3v) is 4.44. The summed E-state index contributed by atoms with van der Waals surface area (Å²) in [4.78, 5) is 25.9. The Kier molecular flexibility index (Phi) is 3.22. The van der Waals surface area contributed by atoms with Gasteiger partial charge in [0.1, 0.15) is 0 Å². The second kappa shape index (κ2) is 4.90. The van der Waals surface area contributed by atoms with Crippen LogP contribution in [0.25, 0.3) is 0 Å². The molecule has 20 heavy (non-hydrogen) atoms. The van der Waals surface area contributed by atoms with E-state index in [9.17, 15) is 9.59 Å². The Labute approximate surface area is 118 Å². The quantitative estimate of drug-likeness (QED) is 0.862. The fraction of sp³-hybridized carbons (Fsp3) is 0.467. The highest BCUT2D eigenvalue weighted by molar-refractivity contribution is 6.14. The van der Waals surface area contributed by atoms with Crippen LogP contribution in [0.3, 0.4) is 0 Å². The van der Waals surface area contributed by atoms with Crippen molar-refractivity contribution in [3.63, 3.8) is 0 Å². The molecule has 1 aliphatic heterocycles. The van der Waals surface area contributed by atoms with Gasteiger partial charge in [-0.15, -0.1) is 0 Å². The number of rotatable bonds is 2. The highest BCUT2D eigenvalue weighted by Gasteiger charge is 2.43. The lowest BCUT2D eigenvalue weighted by molar-refractivity contribution is -0.120. The topological polar surface area (TPSA) is 75.4 Å². The van der Waals surface area contributed by atoms with Gasteiger partial charge in [-0.2, -0.15) is 0 Å². The molecule has 1 aromatic carbocycles. The van der Waals surface area contributed by atoms with Gasteiger partial charge in [0.2, 0.25) is 5.91 Å². The first-order valence-electron chi connectivity index (χ1n) is 7.03. The van der Waals surface area contributed by atoms with Crippen molar-refractivity contribution >= 4 is 17.6 Å². The Morgan fingerprint density at radius 3 is 2.45 bits per heavy atom. The van der Waals surface area contributed by atoms with Crippen LogP contribution < -0.4 is 16.0 Å². The molecular formula is C15H19N3O2. The second-order valence-electron chi connectivity index (χ2n) is 5.79. The predicted molar refractivity (Wildman–Crippen MR) is 76.1 cm³/mol. The molecule has 1 saturated heterocycles. The summed E-state index contributed by atoms with van der Waals surface area (Å²) in [5.74, 6) is -0.111. The van der Waals surface area contributed by atoms with Gasteiger partial charge in [0.15, 0.2) is 0 Å². The zero-order valence-corrected chi connectivity index (χ0v) is 11.4. The van der Waals surface area contributed by atoms with Crippen molar-refractivity contribution in [2.45, 2.75) is 32.2 Å². The largest absolute Gasteiger partial charge is 0.337 e.